The molecule has 154 valence electrons. The summed E-state index contributed by atoms with van der Waals surface area (Å²) in [6.07, 6.45) is 4.46. The zero-order valence-corrected chi connectivity index (χ0v) is 16.2. The lowest BCUT2D eigenvalue weighted by atomic mass is 10.0. The molecule has 0 spiro atoms. The number of benzene rings is 2. The van der Waals surface area contributed by atoms with Crippen LogP contribution in [0.5, 0.6) is 0 Å². The first-order valence-electron chi connectivity index (χ1n) is 9.27. The minimum Gasteiger partial charge on any atom is -0.466 e. The van der Waals surface area contributed by atoms with Gasteiger partial charge < -0.3 is 14.6 Å². The monoisotopic (exact) mass is 408 g/mol. The van der Waals surface area contributed by atoms with Crippen LogP contribution in [0.15, 0.2) is 67.3 Å². The average Bonchev–Trinajstić information content (AvgIpc) is 3.28. The Morgan fingerprint density at radius 1 is 1.23 bits per heavy atom. The number of nitro groups is 1. The van der Waals surface area contributed by atoms with E-state index >= 15 is 0 Å². The lowest BCUT2D eigenvalue weighted by molar-refractivity contribution is -0.384. The van der Waals surface area contributed by atoms with E-state index in [2.05, 4.69) is 10.3 Å². The number of rotatable bonds is 8. The highest BCUT2D eigenvalue weighted by Gasteiger charge is 2.23. The van der Waals surface area contributed by atoms with Gasteiger partial charge in [-0.1, -0.05) is 30.3 Å². The van der Waals surface area contributed by atoms with Crippen LogP contribution in [-0.4, -0.2) is 33.0 Å². The maximum absolute atomic E-state index is 12.8. The molecule has 0 radical (unpaired) electrons. The number of imidazole rings is 1. The van der Waals surface area contributed by atoms with E-state index in [0.717, 1.165) is 5.56 Å². The molecule has 1 amide bonds. The van der Waals surface area contributed by atoms with Crippen molar-refractivity contribution in [3.05, 3.63) is 88.5 Å². The highest BCUT2D eigenvalue weighted by atomic mass is 16.6. The second-order valence-electron chi connectivity index (χ2n) is 6.38. The molecule has 1 aromatic heterocycles. The van der Waals surface area contributed by atoms with Crippen molar-refractivity contribution in [2.75, 3.05) is 6.61 Å². The third-order valence-corrected chi connectivity index (χ3v) is 4.40. The Kier molecular flexibility index (Phi) is 6.53. The summed E-state index contributed by atoms with van der Waals surface area (Å²) in [5.74, 6) is -0.985. The number of carbonyl (C=O) groups is 2. The number of carbonyl (C=O) groups excluding carboxylic acids is 2. The Morgan fingerprint density at radius 2 is 2.00 bits per heavy atom. The van der Waals surface area contributed by atoms with E-state index in [-0.39, 0.29) is 24.3 Å². The summed E-state index contributed by atoms with van der Waals surface area (Å²) >= 11 is 0. The van der Waals surface area contributed by atoms with Crippen LogP contribution in [-0.2, 0) is 9.53 Å². The highest BCUT2D eigenvalue weighted by molar-refractivity contribution is 5.95. The first-order chi connectivity index (χ1) is 14.5. The molecule has 9 nitrogen and oxygen atoms in total. The molecular weight excluding hydrogens is 388 g/mol. The van der Waals surface area contributed by atoms with E-state index in [1.165, 1.54) is 35.3 Å². The fraction of sp³-hybridized carbons (Fsp3) is 0.190. The summed E-state index contributed by atoms with van der Waals surface area (Å²) < 4.78 is 6.49. The van der Waals surface area contributed by atoms with Crippen LogP contribution in [0.25, 0.3) is 5.69 Å². The van der Waals surface area contributed by atoms with Gasteiger partial charge in [-0.15, -0.1) is 0 Å². The van der Waals surface area contributed by atoms with E-state index in [1.54, 1.807) is 37.4 Å². The van der Waals surface area contributed by atoms with Crippen molar-refractivity contribution >= 4 is 17.6 Å². The molecule has 1 unspecified atom stereocenters. The van der Waals surface area contributed by atoms with Crippen molar-refractivity contribution in [2.24, 2.45) is 0 Å². The van der Waals surface area contributed by atoms with Crippen LogP contribution in [0.2, 0.25) is 0 Å². The van der Waals surface area contributed by atoms with Gasteiger partial charge >= 0.3 is 5.97 Å². The standard InChI is InChI=1S/C21H20N4O5/c1-2-30-20(26)13-17(15-6-4-3-5-7-15)23-21(27)16-8-9-18(19(12-16)25(28)29)24-11-10-22-14-24/h3-12,14,17H,2,13H2,1H3,(H,23,27). The molecule has 0 aliphatic heterocycles. The Morgan fingerprint density at radius 3 is 2.63 bits per heavy atom. The molecule has 0 saturated heterocycles. The van der Waals surface area contributed by atoms with Gasteiger partial charge in [-0.2, -0.15) is 0 Å². The minimum absolute atomic E-state index is 0.0567. The summed E-state index contributed by atoms with van der Waals surface area (Å²) in [5.41, 5.74) is 0.890. The molecule has 30 heavy (non-hydrogen) atoms. The maximum atomic E-state index is 12.8. The van der Waals surface area contributed by atoms with Crippen LogP contribution < -0.4 is 5.32 Å². The van der Waals surface area contributed by atoms with Gasteiger partial charge in [0, 0.05) is 24.0 Å². The van der Waals surface area contributed by atoms with Gasteiger partial charge in [0.1, 0.15) is 5.69 Å². The van der Waals surface area contributed by atoms with Crippen molar-refractivity contribution in [3.63, 3.8) is 0 Å². The average molecular weight is 408 g/mol. The number of amides is 1. The Balaban J connectivity index is 1.87. The fourth-order valence-corrected chi connectivity index (χ4v) is 3.00. The lowest BCUT2D eigenvalue weighted by Gasteiger charge is -2.18. The summed E-state index contributed by atoms with van der Waals surface area (Å²) in [4.78, 5) is 39.7. The topological polar surface area (TPSA) is 116 Å². The molecule has 2 aromatic carbocycles. The van der Waals surface area contributed by atoms with Gasteiger partial charge in [0.2, 0.25) is 0 Å². The predicted molar refractivity (Wildman–Crippen MR) is 108 cm³/mol. The number of ether oxygens (including phenoxy) is 1. The molecule has 0 aliphatic carbocycles. The minimum atomic E-state index is -0.634. The van der Waals surface area contributed by atoms with Gasteiger partial charge in [0.15, 0.2) is 0 Å². The number of nitro benzene ring substituents is 1. The molecule has 0 aliphatic rings. The van der Waals surface area contributed by atoms with Crippen LogP contribution >= 0.6 is 0 Å². The molecule has 3 aromatic rings. The van der Waals surface area contributed by atoms with E-state index < -0.39 is 22.8 Å². The third kappa shape index (κ3) is 4.88. The molecule has 1 heterocycles. The first-order valence-corrected chi connectivity index (χ1v) is 9.27. The number of hydrogen-bond acceptors (Lipinski definition) is 6. The molecule has 1 N–H and O–H groups in total. The van der Waals surface area contributed by atoms with Gasteiger partial charge in [0.05, 0.1) is 30.3 Å². The number of esters is 1. The van der Waals surface area contributed by atoms with Gasteiger partial charge in [0.25, 0.3) is 11.6 Å². The normalized spacial score (nSPS) is 11.5. The lowest BCUT2D eigenvalue weighted by Crippen LogP contribution is -2.30. The number of hydrogen-bond donors (Lipinski definition) is 1. The van der Waals surface area contributed by atoms with Gasteiger partial charge in [-0.3, -0.25) is 19.7 Å². The Hall–Kier alpha value is -4.01. The first kappa shape index (κ1) is 20.7. The molecule has 0 fully saturated rings. The molecule has 0 bridgehead atoms. The zero-order chi connectivity index (χ0) is 21.5. The van der Waals surface area contributed by atoms with Crippen molar-refractivity contribution in [1.29, 1.82) is 0 Å². The summed E-state index contributed by atoms with van der Waals surface area (Å²) in [5, 5.41) is 14.3. The summed E-state index contributed by atoms with van der Waals surface area (Å²) in [6.45, 7) is 1.94. The van der Waals surface area contributed by atoms with Crippen LogP contribution in [0.3, 0.4) is 0 Å². The molecule has 9 heteroatoms. The highest BCUT2D eigenvalue weighted by Crippen LogP contribution is 2.25. The Bertz CT molecular complexity index is 1030. The molecular formula is C21H20N4O5. The number of nitrogens with one attached hydrogen (secondary N) is 1. The fourth-order valence-electron chi connectivity index (χ4n) is 3.00. The van der Waals surface area contributed by atoms with E-state index in [9.17, 15) is 19.7 Å². The summed E-state index contributed by atoms with van der Waals surface area (Å²) in [6, 6.07) is 12.5. The van der Waals surface area contributed by atoms with Crippen molar-refractivity contribution in [2.45, 2.75) is 19.4 Å². The summed E-state index contributed by atoms with van der Waals surface area (Å²) in [7, 11) is 0. The SMILES string of the molecule is CCOC(=O)CC(NC(=O)c1ccc(-n2ccnc2)c([N+](=O)[O-])c1)c1ccccc1. The van der Waals surface area contributed by atoms with Gasteiger partial charge in [-0.25, -0.2) is 4.98 Å². The second-order valence-corrected chi connectivity index (χ2v) is 6.38. The Labute approximate surface area is 172 Å². The van der Waals surface area contributed by atoms with Crippen molar-refractivity contribution < 1.29 is 19.2 Å². The molecule has 3 rings (SSSR count). The largest absolute Gasteiger partial charge is 0.466 e. The maximum Gasteiger partial charge on any atom is 0.308 e. The van der Waals surface area contributed by atoms with Crippen LogP contribution in [0.4, 0.5) is 5.69 Å². The van der Waals surface area contributed by atoms with E-state index in [1.807, 2.05) is 6.07 Å². The molecule has 1 atom stereocenters. The zero-order valence-electron chi connectivity index (χ0n) is 16.2. The predicted octanol–water partition coefficient (Wildman–Crippen LogP) is 3.20. The third-order valence-electron chi connectivity index (χ3n) is 4.40. The van der Waals surface area contributed by atoms with Crippen LogP contribution in [0.1, 0.15) is 35.3 Å². The number of aromatic nitrogens is 2. The van der Waals surface area contributed by atoms with Crippen molar-refractivity contribution in [1.82, 2.24) is 14.9 Å². The van der Waals surface area contributed by atoms with Crippen molar-refractivity contribution in [3.8, 4) is 5.69 Å². The van der Waals surface area contributed by atoms with Gasteiger partial charge in [-0.05, 0) is 24.6 Å². The van der Waals surface area contributed by atoms with E-state index in [0.29, 0.717) is 5.69 Å². The quantitative estimate of drug-likeness (QED) is 0.348. The second kappa shape index (κ2) is 9.46. The number of nitrogens with zero attached hydrogens (tertiary/aromatic N) is 3. The smallest absolute Gasteiger partial charge is 0.308 e. The molecule has 0 saturated carbocycles. The van der Waals surface area contributed by atoms with E-state index in [4.69, 9.17) is 4.74 Å². The van der Waals surface area contributed by atoms with Crippen LogP contribution in [0, 0.1) is 10.1 Å².